The molecular formula is C20H27ClN6. The largest absolute Gasteiger partial charge is 0.348 e. The van der Waals surface area contributed by atoms with E-state index >= 15 is 0 Å². The summed E-state index contributed by atoms with van der Waals surface area (Å²) < 4.78 is 4.07. The topological polar surface area (TPSA) is 51.8 Å². The molecule has 6 nitrogen and oxygen atoms in total. The van der Waals surface area contributed by atoms with E-state index in [1.807, 2.05) is 30.9 Å². The summed E-state index contributed by atoms with van der Waals surface area (Å²) in [5, 5.41) is 5.49. The van der Waals surface area contributed by atoms with Crippen molar-refractivity contribution >= 4 is 28.5 Å². The third-order valence-corrected chi connectivity index (χ3v) is 5.91. The normalized spacial score (nSPS) is 17.6. The molecule has 4 rings (SSSR count). The summed E-state index contributed by atoms with van der Waals surface area (Å²) >= 11 is 6.79. The van der Waals surface area contributed by atoms with Crippen LogP contribution in [0.1, 0.15) is 49.8 Å². The average Bonchev–Trinajstić information content (AvgIpc) is 3.26. The zero-order chi connectivity index (χ0) is 19.3. The number of fused-ring (bicyclic) bond motifs is 1. The van der Waals surface area contributed by atoms with Crippen LogP contribution in [-0.4, -0.2) is 30.9 Å². The van der Waals surface area contributed by atoms with E-state index in [0.717, 1.165) is 65.0 Å². The van der Waals surface area contributed by atoms with Gasteiger partial charge in [0, 0.05) is 31.9 Å². The highest BCUT2D eigenvalue weighted by molar-refractivity contribution is 6.30. The van der Waals surface area contributed by atoms with E-state index in [-0.39, 0.29) is 6.04 Å². The highest BCUT2D eigenvalue weighted by Gasteiger charge is 2.33. The molecule has 1 aliphatic rings. The Hall–Kier alpha value is -2.08. The van der Waals surface area contributed by atoms with E-state index in [1.165, 1.54) is 0 Å². The second-order valence-electron chi connectivity index (χ2n) is 7.94. The maximum atomic E-state index is 6.79. The van der Waals surface area contributed by atoms with Gasteiger partial charge in [0.2, 0.25) is 0 Å². The van der Waals surface area contributed by atoms with E-state index in [4.69, 9.17) is 26.7 Å². The van der Waals surface area contributed by atoms with Gasteiger partial charge in [-0.15, -0.1) is 0 Å². The van der Waals surface area contributed by atoms with Crippen LogP contribution in [0.3, 0.4) is 0 Å². The highest BCUT2D eigenvalue weighted by atomic mass is 35.5. The molecule has 1 saturated heterocycles. The van der Waals surface area contributed by atoms with Crippen molar-refractivity contribution in [3.8, 4) is 0 Å². The van der Waals surface area contributed by atoms with Gasteiger partial charge in [-0.3, -0.25) is 4.68 Å². The van der Waals surface area contributed by atoms with Crippen LogP contribution in [0.5, 0.6) is 0 Å². The van der Waals surface area contributed by atoms with Crippen LogP contribution < -0.4 is 4.90 Å². The van der Waals surface area contributed by atoms with E-state index in [2.05, 4.69) is 30.2 Å². The molecule has 0 radical (unpaired) electrons. The first-order valence-corrected chi connectivity index (χ1v) is 10.0. The highest BCUT2D eigenvalue weighted by Crippen LogP contribution is 2.41. The summed E-state index contributed by atoms with van der Waals surface area (Å²) in [6, 6.07) is 2.22. The minimum absolute atomic E-state index is 0.193. The molecule has 3 aromatic heterocycles. The van der Waals surface area contributed by atoms with E-state index in [1.54, 1.807) is 0 Å². The van der Waals surface area contributed by atoms with Gasteiger partial charge in [-0.25, -0.2) is 9.97 Å². The summed E-state index contributed by atoms with van der Waals surface area (Å²) in [5.74, 6) is 2.45. The molecule has 27 heavy (non-hydrogen) atoms. The van der Waals surface area contributed by atoms with Crippen molar-refractivity contribution in [2.45, 2.75) is 53.1 Å². The van der Waals surface area contributed by atoms with Crippen LogP contribution in [-0.2, 0) is 13.6 Å². The van der Waals surface area contributed by atoms with Gasteiger partial charge in [-0.1, -0.05) is 25.4 Å². The fourth-order valence-corrected chi connectivity index (χ4v) is 4.53. The number of imidazole rings is 1. The van der Waals surface area contributed by atoms with Gasteiger partial charge in [0.25, 0.3) is 0 Å². The first kappa shape index (κ1) is 18.3. The second-order valence-corrected chi connectivity index (χ2v) is 8.30. The van der Waals surface area contributed by atoms with Crippen molar-refractivity contribution in [2.75, 3.05) is 11.4 Å². The SMILES string of the molecule is Cc1nn(CC(C)C)c(Cl)c1C1CCCN1c1nccc2c1nc(C)n2C. The lowest BCUT2D eigenvalue weighted by molar-refractivity contribution is 0.481. The Bertz CT molecular complexity index is 986. The van der Waals surface area contributed by atoms with Crippen LogP contribution in [0.4, 0.5) is 5.82 Å². The smallest absolute Gasteiger partial charge is 0.157 e. The van der Waals surface area contributed by atoms with Crippen LogP contribution >= 0.6 is 11.6 Å². The number of aryl methyl sites for hydroxylation is 3. The summed E-state index contributed by atoms with van der Waals surface area (Å²) in [5.41, 5.74) is 4.23. The fourth-order valence-electron chi connectivity index (χ4n) is 4.17. The third-order valence-electron chi connectivity index (χ3n) is 5.51. The molecular weight excluding hydrogens is 360 g/mol. The predicted molar refractivity (Wildman–Crippen MR) is 109 cm³/mol. The maximum Gasteiger partial charge on any atom is 0.157 e. The summed E-state index contributed by atoms with van der Waals surface area (Å²) in [6.07, 6.45) is 4.04. The third kappa shape index (κ3) is 3.00. The predicted octanol–water partition coefficient (Wildman–Crippen LogP) is 4.43. The van der Waals surface area contributed by atoms with Gasteiger partial charge in [0.05, 0.1) is 17.3 Å². The molecule has 1 unspecified atom stereocenters. The molecule has 3 aromatic rings. The first-order chi connectivity index (χ1) is 12.9. The number of halogens is 1. The minimum atomic E-state index is 0.193. The lowest BCUT2D eigenvalue weighted by atomic mass is 10.1. The van der Waals surface area contributed by atoms with Crippen molar-refractivity contribution in [1.29, 1.82) is 0 Å². The van der Waals surface area contributed by atoms with Crippen LogP contribution in [0.25, 0.3) is 11.0 Å². The molecule has 4 heterocycles. The van der Waals surface area contributed by atoms with Crippen molar-refractivity contribution in [1.82, 2.24) is 24.3 Å². The second kappa shape index (κ2) is 6.82. The maximum absolute atomic E-state index is 6.79. The van der Waals surface area contributed by atoms with Crippen LogP contribution in [0.2, 0.25) is 5.15 Å². The monoisotopic (exact) mass is 386 g/mol. The Morgan fingerprint density at radius 2 is 2.07 bits per heavy atom. The quantitative estimate of drug-likeness (QED) is 0.665. The molecule has 144 valence electrons. The van der Waals surface area contributed by atoms with Gasteiger partial charge >= 0.3 is 0 Å². The Labute approximate surface area is 165 Å². The summed E-state index contributed by atoms with van der Waals surface area (Å²) in [4.78, 5) is 11.9. The number of pyridine rings is 1. The molecule has 0 aliphatic carbocycles. The van der Waals surface area contributed by atoms with Gasteiger partial charge in [-0.2, -0.15) is 5.10 Å². The van der Waals surface area contributed by atoms with Crippen LogP contribution in [0, 0.1) is 19.8 Å². The Morgan fingerprint density at radius 1 is 1.30 bits per heavy atom. The Kier molecular flexibility index (Phi) is 4.62. The molecule has 1 fully saturated rings. The molecule has 0 N–H and O–H groups in total. The molecule has 0 aromatic carbocycles. The summed E-state index contributed by atoms with van der Waals surface area (Å²) in [6.45, 7) is 10.2. The Balaban J connectivity index is 1.78. The average molecular weight is 387 g/mol. The zero-order valence-electron chi connectivity index (χ0n) is 16.7. The first-order valence-electron chi connectivity index (χ1n) is 9.66. The minimum Gasteiger partial charge on any atom is -0.348 e. The van der Waals surface area contributed by atoms with Crippen LogP contribution in [0.15, 0.2) is 12.3 Å². The standard InChI is InChI=1S/C20H27ClN6/c1-12(2)11-27-19(21)17(13(3)24-27)15-7-6-10-26(15)20-18-16(8-9-22-20)25(5)14(4)23-18/h8-9,12,15H,6-7,10-11H2,1-5H3. The Morgan fingerprint density at radius 3 is 2.81 bits per heavy atom. The molecule has 1 atom stereocenters. The lowest BCUT2D eigenvalue weighted by Crippen LogP contribution is -2.24. The molecule has 0 amide bonds. The lowest BCUT2D eigenvalue weighted by Gasteiger charge is -2.26. The zero-order valence-corrected chi connectivity index (χ0v) is 17.5. The number of aromatic nitrogens is 5. The summed E-state index contributed by atoms with van der Waals surface area (Å²) in [7, 11) is 2.05. The molecule has 0 bridgehead atoms. The molecule has 7 heteroatoms. The number of hydrogen-bond acceptors (Lipinski definition) is 4. The number of anilines is 1. The number of nitrogens with zero attached hydrogens (tertiary/aromatic N) is 6. The van der Waals surface area contributed by atoms with E-state index in [0.29, 0.717) is 5.92 Å². The van der Waals surface area contributed by atoms with Crippen molar-refractivity contribution in [3.63, 3.8) is 0 Å². The van der Waals surface area contributed by atoms with Gasteiger partial charge in [0.1, 0.15) is 16.5 Å². The van der Waals surface area contributed by atoms with Crippen molar-refractivity contribution in [3.05, 3.63) is 34.5 Å². The molecule has 0 spiro atoms. The number of rotatable bonds is 4. The van der Waals surface area contributed by atoms with Gasteiger partial charge in [-0.05, 0) is 38.7 Å². The van der Waals surface area contributed by atoms with Gasteiger partial charge in [0.15, 0.2) is 5.82 Å². The van der Waals surface area contributed by atoms with Crippen molar-refractivity contribution in [2.24, 2.45) is 13.0 Å². The van der Waals surface area contributed by atoms with E-state index < -0.39 is 0 Å². The number of hydrogen-bond donors (Lipinski definition) is 0. The molecule has 1 aliphatic heterocycles. The fraction of sp³-hybridized carbons (Fsp3) is 0.550. The molecule has 0 saturated carbocycles. The van der Waals surface area contributed by atoms with Gasteiger partial charge < -0.3 is 9.47 Å². The van der Waals surface area contributed by atoms with E-state index in [9.17, 15) is 0 Å². The van der Waals surface area contributed by atoms with Crippen molar-refractivity contribution < 1.29 is 0 Å².